The first-order valence-electron chi connectivity index (χ1n) is 6.20. The topological polar surface area (TPSA) is 75.6 Å². The minimum atomic E-state index is -3.79. The molecule has 0 amide bonds. The predicted octanol–water partition coefficient (Wildman–Crippen LogP) is 1.12. The van der Waals surface area contributed by atoms with Crippen molar-refractivity contribution < 1.29 is 22.7 Å². The highest BCUT2D eigenvalue weighted by atomic mass is 32.2. The van der Waals surface area contributed by atoms with Crippen LogP contribution in [-0.2, 0) is 14.8 Å². The number of halogens is 1. The summed E-state index contributed by atoms with van der Waals surface area (Å²) in [5.41, 5.74) is 0.685. The number of aliphatic hydroxyl groups is 1. The third-order valence-electron chi connectivity index (χ3n) is 2.86. The van der Waals surface area contributed by atoms with Crippen LogP contribution in [0.3, 0.4) is 0 Å². The lowest BCUT2D eigenvalue weighted by Gasteiger charge is -2.19. The van der Waals surface area contributed by atoms with Crippen LogP contribution in [-0.4, -0.2) is 39.9 Å². The monoisotopic (exact) mass is 305 g/mol. The van der Waals surface area contributed by atoms with Gasteiger partial charge in [0.25, 0.3) is 0 Å². The number of nitrogens with one attached hydrogen (secondary N) is 1. The first-order valence-corrected chi connectivity index (χ1v) is 7.69. The molecule has 1 aromatic rings. The van der Waals surface area contributed by atoms with Gasteiger partial charge >= 0.3 is 0 Å². The average Bonchev–Trinajstić information content (AvgIpc) is 2.26. The Morgan fingerprint density at radius 3 is 2.35 bits per heavy atom. The first kappa shape index (κ1) is 17.0. The fourth-order valence-electron chi connectivity index (χ4n) is 2.13. The van der Waals surface area contributed by atoms with Crippen molar-refractivity contribution in [2.45, 2.75) is 31.2 Å². The zero-order valence-electron chi connectivity index (χ0n) is 11.8. The Balaban J connectivity index is 3.10. The Morgan fingerprint density at radius 1 is 1.35 bits per heavy atom. The minimum Gasteiger partial charge on any atom is -0.396 e. The van der Waals surface area contributed by atoms with Gasteiger partial charge in [-0.1, -0.05) is 0 Å². The number of benzene rings is 1. The number of rotatable bonds is 7. The van der Waals surface area contributed by atoms with Crippen molar-refractivity contribution in [3.63, 3.8) is 0 Å². The van der Waals surface area contributed by atoms with Gasteiger partial charge in [0.15, 0.2) is 0 Å². The molecule has 2 N–H and O–H groups in total. The zero-order chi connectivity index (χ0) is 15.3. The van der Waals surface area contributed by atoms with Gasteiger partial charge in [-0.15, -0.1) is 0 Å². The average molecular weight is 305 g/mol. The summed E-state index contributed by atoms with van der Waals surface area (Å²) in [7, 11) is -2.34. The van der Waals surface area contributed by atoms with Gasteiger partial charge in [-0.25, -0.2) is 17.5 Å². The van der Waals surface area contributed by atoms with Crippen LogP contribution in [0.4, 0.5) is 4.39 Å². The van der Waals surface area contributed by atoms with Gasteiger partial charge in [-0.3, -0.25) is 0 Å². The van der Waals surface area contributed by atoms with E-state index in [9.17, 15) is 12.8 Å². The van der Waals surface area contributed by atoms with Crippen molar-refractivity contribution in [3.05, 3.63) is 29.1 Å². The molecule has 5 nitrogen and oxygen atoms in total. The van der Waals surface area contributed by atoms with E-state index < -0.39 is 21.9 Å². The summed E-state index contributed by atoms with van der Waals surface area (Å²) >= 11 is 0. The first-order chi connectivity index (χ1) is 9.31. The standard InChI is InChI=1S/C13H20FNO4S/c1-9-6-11(14)7-10(2)13(9)20(17,18)15-12(4-5-16)8-19-3/h6-7,12,15-16H,4-5,8H2,1-3H3. The second-order valence-electron chi connectivity index (χ2n) is 4.65. The van der Waals surface area contributed by atoms with Gasteiger partial charge in [0.2, 0.25) is 10.0 Å². The summed E-state index contributed by atoms with van der Waals surface area (Å²) < 4.78 is 45.4. The summed E-state index contributed by atoms with van der Waals surface area (Å²) in [4.78, 5) is 0.0675. The predicted molar refractivity (Wildman–Crippen MR) is 73.6 cm³/mol. The number of aliphatic hydroxyl groups excluding tert-OH is 1. The zero-order valence-corrected chi connectivity index (χ0v) is 12.6. The van der Waals surface area contributed by atoms with E-state index in [1.165, 1.54) is 19.2 Å². The van der Waals surface area contributed by atoms with Crippen LogP contribution in [0.15, 0.2) is 17.0 Å². The second kappa shape index (κ2) is 7.12. The summed E-state index contributed by atoms with van der Waals surface area (Å²) in [6.07, 6.45) is 0.242. The summed E-state index contributed by atoms with van der Waals surface area (Å²) in [6, 6.07) is 1.83. The summed E-state index contributed by atoms with van der Waals surface area (Å²) in [6.45, 7) is 3.08. The molecule has 0 saturated heterocycles. The minimum absolute atomic E-state index is 0.0675. The maximum Gasteiger partial charge on any atom is 0.241 e. The highest BCUT2D eigenvalue weighted by molar-refractivity contribution is 7.89. The number of aryl methyl sites for hydroxylation is 2. The van der Waals surface area contributed by atoms with Crippen LogP contribution in [0.5, 0.6) is 0 Å². The van der Waals surface area contributed by atoms with E-state index in [0.717, 1.165) is 0 Å². The molecule has 20 heavy (non-hydrogen) atoms. The number of hydrogen-bond acceptors (Lipinski definition) is 4. The normalized spacial score (nSPS) is 13.4. The lowest BCUT2D eigenvalue weighted by Crippen LogP contribution is -2.39. The molecule has 0 radical (unpaired) electrons. The van der Waals surface area contributed by atoms with E-state index >= 15 is 0 Å². The van der Waals surface area contributed by atoms with Gasteiger partial charge in [-0.05, 0) is 43.5 Å². The van der Waals surface area contributed by atoms with E-state index in [1.54, 1.807) is 13.8 Å². The third kappa shape index (κ3) is 4.24. The smallest absolute Gasteiger partial charge is 0.241 e. The van der Waals surface area contributed by atoms with Gasteiger partial charge in [0.05, 0.1) is 11.5 Å². The van der Waals surface area contributed by atoms with Gasteiger partial charge in [0.1, 0.15) is 5.82 Å². The van der Waals surface area contributed by atoms with Crippen molar-refractivity contribution >= 4 is 10.0 Å². The Hall–Kier alpha value is -1.02. The molecular formula is C13H20FNO4S. The largest absolute Gasteiger partial charge is 0.396 e. The summed E-state index contributed by atoms with van der Waals surface area (Å²) in [5.74, 6) is -0.470. The maximum absolute atomic E-state index is 13.2. The molecule has 7 heteroatoms. The molecule has 1 unspecified atom stereocenters. The molecule has 0 aliphatic rings. The highest BCUT2D eigenvalue weighted by Crippen LogP contribution is 2.21. The number of ether oxygens (including phenoxy) is 1. The van der Waals surface area contributed by atoms with Crippen molar-refractivity contribution in [2.75, 3.05) is 20.3 Å². The van der Waals surface area contributed by atoms with Crippen LogP contribution in [0, 0.1) is 19.7 Å². The lowest BCUT2D eigenvalue weighted by atomic mass is 10.1. The third-order valence-corrected chi connectivity index (χ3v) is 4.69. The van der Waals surface area contributed by atoms with Crippen LogP contribution in [0.2, 0.25) is 0 Å². The van der Waals surface area contributed by atoms with E-state index in [0.29, 0.717) is 11.1 Å². The molecule has 0 aromatic heterocycles. The van der Waals surface area contributed by atoms with E-state index in [-0.39, 0.29) is 24.5 Å². The molecule has 1 aromatic carbocycles. The van der Waals surface area contributed by atoms with Gasteiger partial charge in [0, 0.05) is 19.8 Å². The van der Waals surface area contributed by atoms with Crippen molar-refractivity contribution in [1.29, 1.82) is 0 Å². The van der Waals surface area contributed by atoms with Crippen molar-refractivity contribution in [2.24, 2.45) is 0 Å². The molecule has 0 saturated carbocycles. The molecule has 1 atom stereocenters. The Bertz CT molecular complexity index is 530. The summed E-state index contributed by atoms with van der Waals surface area (Å²) in [5, 5.41) is 8.94. The number of hydrogen-bond donors (Lipinski definition) is 2. The Morgan fingerprint density at radius 2 is 1.90 bits per heavy atom. The lowest BCUT2D eigenvalue weighted by molar-refractivity contribution is 0.158. The maximum atomic E-state index is 13.2. The van der Waals surface area contributed by atoms with Crippen LogP contribution >= 0.6 is 0 Å². The quantitative estimate of drug-likeness (QED) is 0.791. The van der Waals surface area contributed by atoms with E-state index in [1.807, 2.05) is 0 Å². The molecule has 0 fully saturated rings. The SMILES string of the molecule is COCC(CCO)NS(=O)(=O)c1c(C)cc(F)cc1C. The molecular weight excluding hydrogens is 285 g/mol. The van der Waals surface area contributed by atoms with Crippen molar-refractivity contribution in [1.82, 2.24) is 4.72 Å². The molecule has 1 rings (SSSR count). The Labute approximate surface area is 118 Å². The second-order valence-corrected chi connectivity index (χ2v) is 6.31. The molecule has 0 spiro atoms. The van der Waals surface area contributed by atoms with Crippen molar-refractivity contribution in [3.8, 4) is 0 Å². The fourth-order valence-corrected chi connectivity index (χ4v) is 3.84. The molecule has 0 aliphatic heterocycles. The molecule has 0 bridgehead atoms. The van der Waals surface area contributed by atoms with Gasteiger partial charge < -0.3 is 9.84 Å². The molecule has 0 heterocycles. The molecule has 0 aliphatic carbocycles. The van der Waals surface area contributed by atoms with Crippen LogP contribution in [0.1, 0.15) is 17.5 Å². The Kier molecular flexibility index (Phi) is 6.07. The van der Waals surface area contributed by atoms with E-state index in [2.05, 4.69) is 4.72 Å². The van der Waals surface area contributed by atoms with Crippen LogP contribution < -0.4 is 4.72 Å². The number of sulfonamides is 1. The highest BCUT2D eigenvalue weighted by Gasteiger charge is 2.24. The fraction of sp³-hybridized carbons (Fsp3) is 0.538. The van der Waals surface area contributed by atoms with Crippen LogP contribution in [0.25, 0.3) is 0 Å². The van der Waals surface area contributed by atoms with E-state index in [4.69, 9.17) is 9.84 Å². The number of methoxy groups -OCH3 is 1. The van der Waals surface area contributed by atoms with Gasteiger partial charge in [-0.2, -0.15) is 0 Å². The molecule has 114 valence electrons.